The minimum Gasteiger partial charge on any atom is -0.465 e. The molecule has 0 saturated carbocycles. The average molecular weight is 1160 g/mol. The third kappa shape index (κ3) is 17.2. The van der Waals surface area contributed by atoms with E-state index < -0.39 is 35.1 Å². The molecule has 5 heterocycles. The molecule has 0 amide bonds. The van der Waals surface area contributed by atoms with Gasteiger partial charge >= 0.3 is 54.2 Å². The van der Waals surface area contributed by atoms with E-state index in [9.17, 15) is 47.9 Å². The largest absolute Gasteiger partial charge is 0.465 e. The van der Waals surface area contributed by atoms with E-state index in [2.05, 4.69) is 0 Å². The van der Waals surface area contributed by atoms with E-state index in [-0.39, 0.29) is 70.6 Å². The van der Waals surface area contributed by atoms with Gasteiger partial charge in [0.15, 0.2) is 6.04 Å². The summed E-state index contributed by atoms with van der Waals surface area (Å²) in [4.78, 5) is 118. The Labute approximate surface area is 467 Å². The van der Waals surface area contributed by atoms with Gasteiger partial charge in [-0.25, -0.2) is 58.1 Å². The van der Waals surface area contributed by atoms with Crippen molar-refractivity contribution in [2.75, 3.05) is 26.4 Å². The lowest BCUT2D eigenvalue weighted by Crippen LogP contribution is -2.36. The molecule has 1 aliphatic rings. The van der Waals surface area contributed by atoms with E-state index in [0.29, 0.717) is 44.3 Å². The zero-order valence-electron chi connectivity index (χ0n) is 43.6. The zero-order chi connectivity index (χ0) is 56.8. The third-order valence-corrected chi connectivity index (χ3v) is 15.3. The molecule has 2 atom stereocenters. The summed E-state index contributed by atoms with van der Waals surface area (Å²) in [5, 5.41) is 8.76. The number of nitrogens with zero attached hydrogens (tertiary/aromatic N) is 8. The molecule has 4 aromatic heterocycles. The van der Waals surface area contributed by atoms with E-state index in [0.717, 1.165) is 89.4 Å². The van der Waals surface area contributed by atoms with E-state index in [1.807, 2.05) is 121 Å². The van der Waals surface area contributed by atoms with Gasteiger partial charge in [-0.2, -0.15) is 0 Å². The first kappa shape index (κ1) is 60.6. The molecule has 0 aliphatic carbocycles. The van der Waals surface area contributed by atoms with Crippen molar-refractivity contribution in [3.05, 3.63) is 224 Å². The summed E-state index contributed by atoms with van der Waals surface area (Å²) in [7, 11) is 0. The molecule has 9 rings (SSSR count). The number of aliphatic hydroxyl groups excluding tert-OH is 1. The summed E-state index contributed by atoms with van der Waals surface area (Å²) in [6.45, 7) is 7.54. The Morgan fingerprint density at radius 2 is 0.987 bits per heavy atom. The van der Waals surface area contributed by atoms with Crippen LogP contribution in [0.15, 0.2) is 160 Å². The van der Waals surface area contributed by atoms with Crippen molar-refractivity contribution in [1.29, 1.82) is 0 Å². The minimum absolute atomic E-state index is 0.000162. The molecule has 0 bridgehead atoms. The first-order valence-electron chi connectivity index (χ1n) is 25.1. The maximum atomic E-state index is 12.6. The lowest BCUT2D eigenvalue weighted by atomic mass is 10.1. The number of ether oxygens (including phenoxy) is 3. The number of carbonyl (C=O) groups is 2. The van der Waals surface area contributed by atoms with Gasteiger partial charge < -0.3 is 19.3 Å². The normalized spacial score (nSPS) is 13.0. The zero-order valence-corrected chi connectivity index (χ0v) is 46.8. The summed E-state index contributed by atoms with van der Waals surface area (Å²) < 4.78 is 25.1. The summed E-state index contributed by atoms with van der Waals surface area (Å²) >= 11 is 3.41. The lowest BCUT2D eigenvalue weighted by Gasteiger charge is -2.15. The number of rotatable bonds is 19. The Bertz CT molecular complexity index is 3690. The van der Waals surface area contributed by atoms with Crippen molar-refractivity contribution < 1.29 is 28.9 Å². The molecule has 8 aromatic rings. The van der Waals surface area contributed by atoms with Gasteiger partial charge in [-0.3, -0.25) is 24.0 Å². The molecule has 1 N–H and O–H groups in total. The van der Waals surface area contributed by atoms with Gasteiger partial charge in [0.25, 0.3) is 0 Å². The van der Waals surface area contributed by atoms with Gasteiger partial charge in [0.1, 0.15) is 6.54 Å². The van der Waals surface area contributed by atoms with Crippen LogP contribution in [0.1, 0.15) is 61.9 Å². The number of esters is 2. The smallest absolute Gasteiger partial charge is 0.342 e. The van der Waals surface area contributed by atoms with Crippen molar-refractivity contribution in [3.63, 3.8) is 0 Å². The van der Waals surface area contributed by atoms with Gasteiger partial charge in [-0.1, -0.05) is 121 Å². The van der Waals surface area contributed by atoms with Gasteiger partial charge in [0, 0.05) is 65.7 Å². The van der Waals surface area contributed by atoms with Crippen molar-refractivity contribution in [2.45, 2.75) is 98.0 Å². The minimum atomic E-state index is -0.981. The molecular weight excluding hydrogens is 1100 g/mol. The average Bonchev–Trinajstić information content (AvgIpc) is 4.27. The fourth-order valence-corrected chi connectivity index (χ4v) is 11.2. The van der Waals surface area contributed by atoms with Gasteiger partial charge in [-0.05, 0) is 55.9 Å². The first-order valence-corrected chi connectivity index (χ1v) is 28.2. The molecule has 1 aliphatic heterocycles. The van der Waals surface area contributed by atoms with Crippen LogP contribution in [-0.4, -0.2) is 83.7 Å². The SMILES string of the molecule is CCOC(=O)Cn1c(=O)sn(C(Cc2ccccc2)C(=O)OCC)c1=O.CCn1c(=O)sn(Cc2ccccc2)c1=O.O=c1sn(Cc2ccccc2)c(=O)n1CC1CCCO1.O=c1sn(Cc2ccccc2)c(=O)n1CCO. The molecule has 4 aromatic carbocycles. The number of hydrogen-bond donors (Lipinski definition) is 1. The van der Waals surface area contributed by atoms with Gasteiger partial charge in [-0.15, -0.1) is 0 Å². The summed E-state index contributed by atoms with van der Waals surface area (Å²) in [6.07, 6.45) is 2.11. The van der Waals surface area contributed by atoms with Crippen LogP contribution in [0.5, 0.6) is 0 Å². The van der Waals surface area contributed by atoms with Crippen LogP contribution in [0.25, 0.3) is 0 Å². The number of hydrogen-bond acceptors (Lipinski definition) is 18. The highest BCUT2D eigenvalue weighted by Crippen LogP contribution is 2.17. The van der Waals surface area contributed by atoms with Crippen LogP contribution in [0.2, 0.25) is 0 Å². The van der Waals surface area contributed by atoms with E-state index in [1.165, 1.54) is 21.0 Å². The summed E-state index contributed by atoms with van der Waals surface area (Å²) in [5.41, 5.74) is 2.26. The van der Waals surface area contributed by atoms with Crippen LogP contribution >= 0.6 is 46.1 Å². The van der Waals surface area contributed by atoms with Crippen LogP contribution in [-0.2, 0) is 76.0 Å². The second-order valence-corrected chi connectivity index (χ2v) is 21.0. The first-order chi connectivity index (χ1) is 38.1. The molecule has 22 nitrogen and oxygen atoms in total. The molecule has 26 heteroatoms. The van der Waals surface area contributed by atoms with Crippen molar-refractivity contribution >= 4 is 58.1 Å². The maximum Gasteiger partial charge on any atom is 0.342 e. The van der Waals surface area contributed by atoms with E-state index >= 15 is 0 Å². The lowest BCUT2D eigenvalue weighted by molar-refractivity contribution is -0.147. The van der Waals surface area contributed by atoms with Crippen molar-refractivity contribution in [2.24, 2.45) is 0 Å². The molecular formula is C53H60N8O14S4. The van der Waals surface area contributed by atoms with Crippen LogP contribution in [0.3, 0.4) is 0 Å². The molecule has 1 fully saturated rings. The Hall–Kier alpha value is -7.62. The molecule has 79 heavy (non-hydrogen) atoms. The fraction of sp³-hybridized carbons (Fsp3) is 0.358. The van der Waals surface area contributed by atoms with Crippen LogP contribution in [0.4, 0.5) is 0 Å². The number of aliphatic hydroxyl groups is 1. The Kier molecular flexibility index (Phi) is 23.4. The standard InChI is InChI=1S/C17H20N2O6S.C14H16N2O3S.C11H12N2O3S.C11H12N2O2S/c1-3-24-14(20)11-18-16(22)19(26-17(18)23)13(15(21)25-4-2)10-12-8-6-5-7-9-12;17-13-15(10-12-7-4-8-19-12)14(18)20-16(13)9-11-5-2-1-3-6-11;14-7-6-12-10(15)13(17-11(12)16)8-9-4-2-1-3-5-9;1-2-12-10(14)13(16-11(12)15)8-9-6-4-3-5-7-9/h5-9,13H,3-4,10-11H2,1-2H3;1-3,5-6,12H,4,7-10H2;1-5,14H,6-8H2;3-7H,2,8H2,1H3. The summed E-state index contributed by atoms with van der Waals surface area (Å²) in [5.74, 6) is -1.30. The molecule has 0 spiro atoms. The van der Waals surface area contributed by atoms with Gasteiger partial charge in [0.2, 0.25) is 0 Å². The van der Waals surface area contributed by atoms with Crippen molar-refractivity contribution in [1.82, 2.24) is 34.1 Å². The quantitative estimate of drug-likeness (QED) is 0.114. The van der Waals surface area contributed by atoms with Crippen molar-refractivity contribution in [3.8, 4) is 0 Å². The summed E-state index contributed by atoms with van der Waals surface area (Å²) in [6, 6.07) is 36.9. The Morgan fingerprint density at radius 1 is 0.557 bits per heavy atom. The topological polar surface area (TPSA) is 258 Å². The molecule has 0 radical (unpaired) electrons. The van der Waals surface area contributed by atoms with Crippen LogP contribution < -0.4 is 42.3 Å². The van der Waals surface area contributed by atoms with Gasteiger partial charge in [0.05, 0.1) is 58.6 Å². The highest BCUT2D eigenvalue weighted by Gasteiger charge is 2.28. The second-order valence-electron chi connectivity index (χ2n) is 17.2. The molecule has 2 unspecified atom stereocenters. The number of carbonyl (C=O) groups excluding carboxylic acids is 2. The predicted octanol–water partition coefficient (Wildman–Crippen LogP) is 3.53. The Balaban J connectivity index is 0.000000173. The number of benzene rings is 4. The maximum absolute atomic E-state index is 12.6. The third-order valence-electron chi connectivity index (χ3n) is 11.6. The van der Waals surface area contributed by atoms with Crippen LogP contribution in [0, 0.1) is 0 Å². The predicted molar refractivity (Wildman–Crippen MR) is 302 cm³/mol. The highest BCUT2D eigenvalue weighted by atomic mass is 32.1. The molecule has 1 saturated heterocycles. The second kappa shape index (κ2) is 30.5. The number of aromatic nitrogens is 8. The fourth-order valence-electron chi connectivity index (χ4n) is 7.80. The van der Waals surface area contributed by atoms with E-state index in [4.69, 9.17) is 19.3 Å². The molecule has 420 valence electrons. The highest BCUT2D eigenvalue weighted by molar-refractivity contribution is 7.04. The van der Waals surface area contributed by atoms with E-state index in [1.54, 1.807) is 20.8 Å². The Morgan fingerprint density at radius 3 is 1.42 bits per heavy atom. The monoisotopic (exact) mass is 1160 g/mol.